The minimum Gasteiger partial charge on any atom is -0.348 e. The van der Waals surface area contributed by atoms with Crippen LogP contribution in [-0.2, 0) is 11.3 Å². The number of rotatable bonds is 5. The van der Waals surface area contributed by atoms with Crippen molar-refractivity contribution in [2.75, 3.05) is 6.54 Å². The molecule has 1 aromatic rings. The lowest BCUT2D eigenvalue weighted by Gasteiger charge is -2.11. The number of aryl methyl sites for hydroxylation is 1. The summed E-state index contributed by atoms with van der Waals surface area (Å²) >= 11 is 1.59. The normalized spacial score (nSPS) is 16.3. The zero-order valence-electron chi connectivity index (χ0n) is 10.2. The summed E-state index contributed by atoms with van der Waals surface area (Å²) < 4.78 is 0. The van der Waals surface area contributed by atoms with Crippen LogP contribution in [0.25, 0.3) is 0 Å². The molecule has 1 aliphatic rings. The van der Waals surface area contributed by atoms with E-state index in [4.69, 9.17) is 0 Å². The van der Waals surface area contributed by atoms with Gasteiger partial charge in [-0.25, -0.2) is 4.98 Å². The van der Waals surface area contributed by atoms with E-state index in [9.17, 15) is 4.79 Å². The Morgan fingerprint density at radius 3 is 2.94 bits per heavy atom. The molecule has 0 aliphatic heterocycles. The topological polar surface area (TPSA) is 54.0 Å². The molecule has 1 heterocycles. The summed E-state index contributed by atoms with van der Waals surface area (Å²) in [5.74, 6) is 0.0600. The van der Waals surface area contributed by atoms with Crippen molar-refractivity contribution in [3.05, 3.63) is 16.1 Å². The van der Waals surface area contributed by atoms with Crippen LogP contribution in [-0.4, -0.2) is 23.5 Å². The highest BCUT2D eigenvalue weighted by Crippen LogP contribution is 2.17. The molecule has 2 rings (SSSR count). The number of nitrogens with zero attached hydrogens (tertiary/aromatic N) is 1. The van der Waals surface area contributed by atoms with E-state index in [1.54, 1.807) is 11.3 Å². The molecule has 0 saturated heterocycles. The summed E-state index contributed by atoms with van der Waals surface area (Å²) in [5, 5.41) is 9.14. The third-order valence-electron chi connectivity index (χ3n) is 3.01. The lowest BCUT2D eigenvalue weighted by atomic mass is 10.2. The van der Waals surface area contributed by atoms with Gasteiger partial charge in [0.1, 0.15) is 5.01 Å². The van der Waals surface area contributed by atoms with E-state index in [1.165, 1.54) is 25.7 Å². The second-order valence-corrected chi connectivity index (χ2v) is 5.46. The van der Waals surface area contributed by atoms with Crippen LogP contribution in [0.2, 0.25) is 0 Å². The summed E-state index contributed by atoms with van der Waals surface area (Å²) in [6.45, 7) is 2.93. The number of thiazole rings is 1. The molecular weight excluding hydrogens is 234 g/mol. The molecule has 0 bridgehead atoms. The van der Waals surface area contributed by atoms with Crippen molar-refractivity contribution in [1.82, 2.24) is 15.6 Å². The smallest absolute Gasteiger partial charge is 0.234 e. The fourth-order valence-electron chi connectivity index (χ4n) is 2.09. The molecule has 1 aliphatic carbocycles. The molecule has 1 saturated carbocycles. The van der Waals surface area contributed by atoms with E-state index in [1.807, 2.05) is 12.3 Å². The molecule has 0 radical (unpaired) electrons. The van der Waals surface area contributed by atoms with Crippen LogP contribution in [0, 0.1) is 6.92 Å². The van der Waals surface area contributed by atoms with Gasteiger partial charge in [-0.1, -0.05) is 12.8 Å². The van der Waals surface area contributed by atoms with E-state index in [0.29, 0.717) is 19.1 Å². The average Bonchev–Trinajstić information content (AvgIpc) is 2.95. The van der Waals surface area contributed by atoms with Gasteiger partial charge in [0.05, 0.1) is 13.1 Å². The van der Waals surface area contributed by atoms with Gasteiger partial charge in [-0.2, -0.15) is 0 Å². The lowest BCUT2D eigenvalue weighted by molar-refractivity contribution is -0.120. The molecule has 94 valence electrons. The molecule has 17 heavy (non-hydrogen) atoms. The first-order valence-electron chi connectivity index (χ1n) is 6.15. The first-order valence-corrected chi connectivity index (χ1v) is 7.03. The zero-order valence-corrected chi connectivity index (χ0v) is 11.0. The van der Waals surface area contributed by atoms with Crippen molar-refractivity contribution >= 4 is 17.2 Å². The summed E-state index contributed by atoms with van der Waals surface area (Å²) in [5.41, 5.74) is 1.02. The largest absolute Gasteiger partial charge is 0.348 e. The standard InChI is InChI=1S/C12H19N3OS/c1-9-8-17-12(15-9)7-14-11(16)6-13-10-4-2-3-5-10/h8,10,13H,2-7H2,1H3,(H,14,16). The maximum Gasteiger partial charge on any atom is 0.234 e. The van der Waals surface area contributed by atoms with Crippen LogP contribution in [0.3, 0.4) is 0 Å². The predicted molar refractivity (Wildman–Crippen MR) is 69.0 cm³/mol. The summed E-state index contributed by atoms with van der Waals surface area (Å²) in [4.78, 5) is 15.9. The van der Waals surface area contributed by atoms with E-state index in [0.717, 1.165) is 10.7 Å². The fraction of sp³-hybridized carbons (Fsp3) is 0.667. The third kappa shape index (κ3) is 4.09. The minimum atomic E-state index is 0.0600. The molecule has 0 atom stereocenters. The van der Waals surface area contributed by atoms with Crippen LogP contribution in [0.5, 0.6) is 0 Å². The molecule has 0 aromatic carbocycles. The van der Waals surface area contributed by atoms with Crippen LogP contribution >= 0.6 is 11.3 Å². The second kappa shape index (κ2) is 6.12. The fourth-order valence-corrected chi connectivity index (χ4v) is 2.80. The van der Waals surface area contributed by atoms with Gasteiger partial charge in [0.15, 0.2) is 0 Å². The number of hydrogen-bond acceptors (Lipinski definition) is 4. The Bertz CT molecular complexity index is 372. The summed E-state index contributed by atoms with van der Waals surface area (Å²) in [6.07, 6.45) is 4.99. The van der Waals surface area contributed by atoms with Crippen molar-refractivity contribution in [2.24, 2.45) is 0 Å². The second-order valence-electron chi connectivity index (χ2n) is 4.52. The molecular formula is C12H19N3OS. The van der Waals surface area contributed by atoms with E-state index < -0.39 is 0 Å². The Labute approximate surface area is 106 Å². The highest BCUT2D eigenvalue weighted by atomic mass is 32.1. The SMILES string of the molecule is Cc1csc(CNC(=O)CNC2CCCC2)n1. The van der Waals surface area contributed by atoms with Crippen molar-refractivity contribution in [2.45, 2.75) is 45.2 Å². The highest BCUT2D eigenvalue weighted by molar-refractivity contribution is 7.09. The summed E-state index contributed by atoms with van der Waals surface area (Å²) in [7, 11) is 0. The highest BCUT2D eigenvalue weighted by Gasteiger charge is 2.15. The first-order chi connectivity index (χ1) is 8.24. The van der Waals surface area contributed by atoms with Gasteiger partial charge in [-0.05, 0) is 19.8 Å². The Hall–Kier alpha value is -0.940. The minimum absolute atomic E-state index is 0.0600. The zero-order chi connectivity index (χ0) is 12.1. The van der Waals surface area contributed by atoms with Gasteiger partial charge >= 0.3 is 0 Å². The molecule has 0 unspecified atom stereocenters. The van der Waals surface area contributed by atoms with Crippen LogP contribution in [0.15, 0.2) is 5.38 Å². The van der Waals surface area contributed by atoms with E-state index >= 15 is 0 Å². The number of carbonyl (C=O) groups excluding carboxylic acids is 1. The first kappa shape index (κ1) is 12.5. The number of carbonyl (C=O) groups is 1. The van der Waals surface area contributed by atoms with Gasteiger partial charge in [0.25, 0.3) is 0 Å². The number of aromatic nitrogens is 1. The maximum absolute atomic E-state index is 11.6. The van der Waals surface area contributed by atoms with Gasteiger partial charge in [0.2, 0.25) is 5.91 Å². The van der Waals surface area contributed by atoms with Crippen LogP contribution in [0.1, 0.15) is 36.4 Å². The number of hydrogen-bond donors (Lipinski definition) is 2. The molecule has 1 aromatic heterocycles. The number of amides is 1. The van der Waals surface area contributed by atoms with Crippen molar-refractivity contribution < 1.29 is 4.79 Å². The van der Waals surface area contributed by atoms with Crippen molar-refractivity contribution in [1.29, 1.82) is 0 Å². The van der Waals surface area contributed by atoms with Gasteiger partial charge in [0, 0.05) is 17.1 Å². The lowest BCUT2D eigenvalue weighted by Crippen LogP contribution is -2.37. The Balaban J connectivity index is 1.63. The number of nitrogens with one attached hydrogen (secondary N) is 2. The van der Waals surface area contributed by atoms with E-state index in [-0.39, 0.29) is 5.91 Å². The van der Waals surface area contributed by atoms with Crippen LogP contribution < -0.4 is 10.6 Å². The van der Waals surface area contributed by atoms with Gasteiger partial charge in [-0.15, -0.1) is 11.3 Å². The molecule has 1 amide bonds. The Morgan fingerprint density at radius 1 is 1.53 bits per heavy atom. The van der Waals surface area contributed by atoms with Crippen LogP contribution in [0.4, 0.5) is 0 Å². The Morgan fingerprint density at radius 2 is 2.29 bits per heavy atom. The van der Waals surface area contributed by atoms with Gasteiger partial charge < -0.3 is 10.6 Å². The molecule has 1 fully saturated rings. The molecule has 0 spiro atoms. The van der Waals surface area contributed by atoms with Crippen molar-refractivity contribution in [3.63, 3.8) is 0 Å². The monoisotopic (exact) mass is 253 g/mol. The van der Waals surface area contributed by atoms with Gasteiger partial charge in [-0.3, -0.25) is 4.79 Å². The average molecular weight is 253 g/mol. The van der Waals surface area contributed by atoms with E-state index in [2.05, 4.69) is 15.6 Å². The maximum atomic E-state index is 11.6. The van der Waals surface area contributed by atoms with Crippen molar-refractivity contribution in [3.8, 4) is 0 Å². The predicted octanol–water partition coefficient (Wildman–Crippen LogP) is 1.60. The summed E-state index contributed by atoms with van der Waals surface area (Å²) in [6, 6.07) is 0.544. The molecule has 5 heteroatoms. The third-order valence-corrected chi connectivity index (χ3v) is 3.98. The molecule has 4 nitrogen and oxygen atoms in total. The molecule has 2 N–H and O–H groups in total. The Kier molecular flexibility index (Phi) is 4.50. The quantitative estimate of drug-likeness (QED) is 0.838.